The van der Waals surface area contributed by atoms with Gasteiger partial charge in [-0.2, -0.15) is 0 Å². The predicted octanol–water partition coefficient (Wildman–Crippen LogP) is 0.871. The largest absolute Gasteiger partial charge is 0.335 e. The topological polar surface area (TPSA) is 33.1 Å². The van der Waals surface area contributed by atoms with Crippen LogP contribution in [0.15, 0.2) is 6.20 Å². The molecule has 0 unspecified atom stereocenters. The van der Waals surface area contributed by atoms with Crippen LogP contribution in [-0.2, 0) is 19.5 Å². The molecule has 90 valence electrons. The molecule has 0 atom stereocenters. The van der Waals surface area contributed by atoms with E-state index in [0.29, 0.717) is 0 Å². The van der Waals surface area contributed by atoms with Crippen LogP contribution in [0.1, 0.15) is 25.4 Å². The minimum atomic E-state index is 1.00. The summed E-state index contributed by atoms with van der Waals surface area (Å²) < 4.78 is 2.26. The molecule has 0 spiro atoms. The lowest BCUT2D eigenvalue weighted by molar-refractivity contribution is 0.231. The highest BCUT2D eigenvalue weighted by molar-refractivity contribution is 5.04. The molecule has 1 saturated heterocycles. The van der Waals surface area contributed by atoms with Gasteiger partial charge in [0.25, 0.3) is 0 Å². The van der Waals surface area contributed by atoms with E-state index in [1.165, 1.54) is 11.5 Å². The number of imidazole rings is 1. The van der Waals surface area contributed by atoms with Gasteiger partial charge >= 0.3 is 0 Å². The summed E-state index contributed by atoms with van der Waals surface area (Å²) in [6.45, 7) is 10.9. The van der Waals surface area contributed by atoms with Gasteiger partial charge in [0.05, 0.1) is 5.69 Å². The second kappa shape index (κ2) is 5.46. The summed E-state index contributed by atoms with van der Waals surface area (Å²) in [5.74, 6) is 1.22. The van der Waals surface area contributed by atoms with E-state index in [2.05, 4.69) is 34.8 Å². The standard InChI is InChI=1S/C12H22N4/c1-3-12-14-11(10-16(12)4-2)9-15-7-5-13-6-8-15/h10,13H,3-9H2,1-2H3. The van der Waals surface area contributed by atoms with Gasteiger partial charge in [-0.25, -0.2) is 4.98 Å². The maximum Gasteiger partial charge on any atom is 0.108 e. The monoisotopic (exact) mass is 222 g/mol. The number of hydrogen-bond acceptors (Lipinski definition) is 3. The molecule has 2 rings (SSSR count). The minimum absolute atomic E-state index is 1.00. The molecule has 4 nitrogen and oxygen atoms in total. The van der Waals surface area contributed by atoms with Crippen LogP contribution in [0, 0.1) is 0 Å². The minimum Gasteiger partial charge on any atom is -0.335 e. The van der Waals surface area contributed by atoms with E-state index in [9.17, 15) is 0 Å². The van der Waals surface area contributed by atoms with Crippen LogP contribution >= 0.6 is 0 Å². The zero-order chi connectivity index (χ0) is 11.4. The molecule has 1 aromatic rings. The number of hydrogen-bond donors (Lipinski definition) is 1. The smallest absolute Gasteiger partial charge is 0.108 e. The van der Waals surface area contributed by atoms with Gasteiger partial charge in [0, 0.05) is 51.9 Å². The molecule has 1 N–H and O–H groups in total. The van der Waals surface area contributed by atoms with Crippen LogP contribution in [0.3, 0.4) is 0 Å². The van der Waals surface area contributed by atoms with Crippen LogP contribution < -0.4 is 5.32 Å². The average molecular weight is 222 g/mol. The zero-order valence-corrected chi connectivity index (χ0v) is 10.4. The molecule has 1 aromatic heterocycles. The van der Waals surface area contributed by atoms with E-state index < -0.39 is 0 Å². The molecule has 2 heterocycles. The van der Waals surface area contributed by atoms with Crippen molar-refractivity contribution < 1.29 is 0 Å². The molecule has 1 aliphatic heterocycles. The Labute approximate surface area is 97.7 Å². The Morgan fingerprint density at radius 2 is 2.06 bits per heavy atom. The molecular weight excluding hydrogens is 200 g/mol. The van der Waals surface area contributed by atoms with Crippen molar-refractivity contribution in [3.8, 4) is 0 Å². The summed E-state index contributed by atoms with van der Waals surface area (Å²) >= 11 is 0. The third-order valence-electron chi connectivity index (χ3n) is 3.16. The SMILES string of the molecule is CCc1nc(CN2CCNCC2)cn1CC. The fraction of sp³-hybridized carbons (Fsp3) is 0.750. The molecule has 16 heavy (non-hydrogen) atoms. The fourth-order valence-corrected chi connectivity index (χ4v) is 2.24. The van der Waals surface area contributed by atoms with Gasteiger partial charge in [0.2, 0.25) is 0 Å². The number of piperazine rings is 1. The molecule has 0 aromatic carbocycles. The molecular formula is C12H22N4. The molecule has 0 bridgehead atoms. The van der Waals surface area contributed by atoms with Crippen LogP contribution in [0.25, 0.3) is 0 Å². The Hall–Kier alpha value is -0.870. The third kappa shape index (κ3) is 2.62. The number of nitrogens with zero attached hydrogens (tertiary/aromatic N) is 3. The molecule has 0 radical (unpaired) electrons. The van der Waals surface area contributed by atoms with Gasteiger partial charge < -0.3 is 9.88 Å². The summed E-state index contributed by atoms with van der Waals surface area (Å²) in [6.07, 6.45) is 3.23. The van der Waals surface area contributed by atoms with Gasteiger partial charge in [0.1, 0.15) is 5.82 Å². The van der Waals surface area contributed by atoms with Crippen LogP contribution in [0.5, 0.6) is 0 Å². The highest BCUT2D eigenvalue weighted by Crippen LogP contribution is 2.08. The summed E-state index contributed by atoms with van der Waals surface area (Å²) in [5.41, 5.74) is 1.22. The first-order valence-corrected chi connectivity index (χ1v) is 6.31. The Bertz CT molecular complexity index is 304. The summed E-state index contributed by atoms with van der Waals surface area (Å²) in [6, 6.07) is 0. The van der Waals surface area contributed by atoms with Gasteiger partial charge in [0.15, 0.2) is 0 Å². The maximum atomic E-state index is 4.69. The summed E-state index contributed by atoms with van der Waals surface area (Å²) in [5, 5.41) is 3.37. The molecule has 0 amide bonds. The van der Waals surface area contributed by atoms with E-state index in [1.807, 2.05) is 0 Å². The van der Waals surface area contributed by atoms with E-state index >= 15 is 0 Å². The Balaban J connectivity index is 2.00. The van der Waals surface area contributed by atoms with Crippen molar-refractivity contribution in [1.82, 2.24) is 19.8 Å². The molecule has 1 fully saturated rings. The molecule has 4 heteroatoms. The van der Waals surface area contributed by atoms with Crippen molar-refractivity contribution in [2.75, 3.05) is 26.2 Å². The molecule has 1 aliphatic rings. The Morgan fingerprint density at radius 3 is 2.62 bits per heavy atom. The van der Waals surface area contributed by atoms with Crippen molar-refractivity contribution in [3.05, 3.63) is 17.7 Å². The lowest BCUT2D eigenvalue weighted by atomic mass is 10.3. The summed E-state index contributed by atoms with van der Waals surface area (Å²) in [4.78, 5) is 7.17. The van der Waals surface area contributed by atoms with Gasteiger partial charge in [-0.15, -0.1) is 0 Å². The normalized spacial score (nSPS) is 17.9. The van der Waals surface area contributed by atoms with Crippen LogP contribution in [0.4, 0.5) is 0 Å². The van der Waals surface area contributed by atoms with Crippen molar-refractivity contribution in [1.29, 1.82) is 0 Å². The van der Waals surface area contributed by atoms with Crippen molar-refractivity contribution in [3.63, 3.8) is 0 Å². The van der Waals surface area contributed by atoms with Crippen LogP contribution in [0.2, 0.25) is 0 Å². The highest BCUT2D eigenvalue weighted by atomic mass is 15.2. The first-order valence-electron chi connectivity index (χ1n) is 6.31. The van der Waals surface area contributed by atoms with E-state index in [4.69, 9.17) is 4.98 Å². The maximum absolute atomic E-state index is 4.69. The van der Waals surface area contributed by atoms with Crippen LogP contribution in [-0.4, -0.2) is 40.6 Å². The van der Waals surface area contributed by atoms with E-state index in [0.717, 1.165) is 45.7 Å². The lowest BCUT2D eigenvalue weighted by Gasteiger charge is -2.26. The quantitative estimate of drug-likeness (QED) is 0.820. The first-order chi connectivity index (χ1) is 7.83. The van der Waals surface area contributed by atoms with Crippen molar-refractivity contribution >= 4 is 0 Å². The summed E-state index contributed by atoms with van der Waals surface area (Å²) in [7, 11) is 0. The highest BCUT2D eigenvalue weighted by Gasteiger charge is 2.12. The zero-order valence-electron chi connectivity index (χ0n) is 10.4. The average Bonchev–Trinajstić information content (AvgIpc) is 2.72. The van der Waals surface area contributed by atoms with Gasteiger partial charge in [-0.3, -0.25) is 4.90 Å². The first kappa shape index (κ1) is 11.6. The number of aryl methyl sites for hydroxylation is 2. The third-order valence-corrected chi connectivity index (χ3v) is 3.16. The van der Waals surface area contributed by atoms with Gasteiger partial charge in [-0.1, -0.05) is 6.92 Å². The molecule has 0 aliphatic carbocycles. The molecule has 0 saturated carbocycles. The number of aromatic nitrogens is 2. The fourth-order valence-electron chi connectivity index (χ4n) is 2.24. The van der Waals surface area contributed by atoms with E-state index in [1.54, 1.807) is 0 Å². The number of rotatable bonds is 4. The van der Waals surface area contributed by atoms with E-state index in [-0.39, 0.29) is 0 Å². The Kier molecular flexibility index (Phi) is 3.96. The predicted molar refractivity (Wildman–Crippen MR) is 65.4 cm³/mol. The lowest BCUT2D eigenvalue weighted by Crippen LogP contribution is -2.42. The van der Waals surface area contributed by atoms with Crippen molar-refractivity contribution in [2.24, 2.45) is 0 Å². The van der Waals surface area contributed by atoms with Gasteiger partial charge in [-0.05, 0) is 6.92 Å². The number of nitrogens with one attached hydrogen (secondary N) is 1. The van der Waals surface area contributed by atoms with Crippen molar-refractivity contribution in [2.45, 2.75) is 33.4 Å². The Morgan fingerprint density at radius 1 is 1.31 bits per heavy atom. The second-order valence-electron chi connectivity index (χ2n) is 4.31. The second-order valence-corrected chi connectivity index (χ2v) is 4.31.